The highest BCUT2D eigenvalue weighted by Gasteiger charge is 2.32. The molecule has 1 aliphatic carbocycles. The second-order valence-corrected chi connectivity index (χ2v) is 7.01. The minimum atomic E-state index is -0.227. The van der Waals surface area contributed by atoms with Gasteiger partial charge in [0.25, 0.3) is 0 Å². The normalized spacial score (nSPS) is 24.4. The van der Waals surface area contributed by atoms with Gasteiger partial charge in [0.15, 0.2) is 0 Å². The molecule has 3 nitrogen and oxygen atoms in total. The predicted octanol–water partition coefficient (Wildman–Crippen LogP) is 3.49. The maximum absolute atomic E-state index is 12.2. The second-order valence-electron chi connectivity index (χ2n) is 7.01. The number of carbonyl (C=O) groups is 2. The van der Waals surface area contributed by atoms with Crippen molar-refractivity contribution in [3.8, 4) is 0 Å². The highest BCUT2D eigenvalue weighted by Crippen LogP contribution is 2.33. The van der Waals surface area contributed by atoms with Crippen LogP contribution in [0.1, 0.15) is 60.3 Å². The highest BCUT2D eigenvalue weighted by atomic mass is 16.1. The fourth-order valence-electron chi connectivity index (χ4n) is 2.75. The molecule has 20 heavy (non-hydrogen) atoms. The van der Waals surface area contributed by atoms with Crippen molar-refractivity contribution < 1.29 is 9.59 Å². The van der Waals surface area contributed by atoms with Crippen molar-refractivity contribution in [1.82, 2.24) is 5.32 Å². The van der Waals surface area contributed by atoms with Crippen molar-refractivity contribution in [3.05, 3.63) is 11.6 Å². The van der Waals surface area contributed by atoms with E-state index in [4.69, 9.17) is 0 Å². The van der Waals surface area contributed by atoms with E-state index in [0.717, 1.165) is 37.8 Å². The molecule has 1 saturated carbocycles. The lowest BCUT2D eigenvalue weighted by atomic mass is 9.73. The molecule has 3 heteroatoms. The number of allylic oxidation sites excluding steroid dienone is 1. The summed E-state index contributed by atoms with van der Waals surface area (Å²) in [6, 6.07) is 0. The van der Waals surface area contributed by atoms with Crippen molar-refractivity contribution in [2.45, 2.75) is 60.3 Å². The summed E-state index contributed by atoms with van der Waals surface area (Å²) >= 11 is 0. The van der Waals surface area contributed by atoms with Gasteiger partial charge in [0.1, 0.15) is 5.78 Å². The van der Waals surface area contributed by atoms with Crippen LogP contribution in [-0.4, -0.2) is 18.2 Å². The van der Waals surface area contributed by atoms with E-state index in [1.165, 1.54) is 0 Å². The zero-order valence-corrected chi connectivity index (χ0v) is 13.6. The van der Waals surface area contributed by atoms with Gasteiger partial charge in [-0.3, -0.25) is 9.59 Å². The lowest BCUT2D eigenvalue weighted by Gasteiger charge is -2.31. The first-order chi connectivity index (χ1) is 9.25. The number of nitrogens with one attached hydrogen (secondary N) is 1. The Morgan fingerprint density at radius 3 is 2.15 bits per heavy atom. The Labute approximate surface area is 123 Å². The summed E-state index contributed by atoms with van der Waals surface area (Å²) in [5, 5.41) is 2.99. The maximum atomic E-state index is 12.2. The molecular formula is C17H29NO2. The zero-order valence-electron chi connectivity index (χ0n) is 13.6. The van der Waals surface area contributed by atoms with Crippen LogP contribution in [0.25, 0.3) is 0 Å². The average Bonchev–Trinajstić information content (AvgIpc) is 2.42. The van der Waals surface area contributed by atoms with E-state index in [2.05, 4.69) is 5.32 Å². The van der Waals surface area contributed by atoms with Crippen LogP contribution in [0.5, 0.6) is 0 Å². The number of Topliss-reactive ketones (excluding diaryl/α,β-unsaturated/α-hetero) is 1. The molecule has 1 fully saturated rings. The molecule has 0 spiro atoms. The van der Waals surface area contributed by atoms with Gasteiger partial charge in [0, 0.05) is 23.5 Å². The Hall–Kier alpha value is -1.12. The largest absolute Gasteiger partial charge is 0.352 e. The minimum absolute atomic E-state index is 0.0281. The third-order valence-electron chi connectivity index (χ3n) is 4.30. The summed E-state index contributed by atoms with van der Waals surface area (Å²) in [7, 11) is 0. The minimum Gasteiger partial charge on any atom is -0.352 e. The molecule has 0 heterocycles. The van der Waals surface area contributed by atoms with Gasteiger partial charge in [-0.1, -0.05) is 26.8 Å². The summed E-state index contributed by atoms with van der Waals surface area (Å²) in [6.07, 6.45) is 5.86. The Morgan fingerprint density at radius 2 is 1.70 bits per heavy atom. The van der Waals surface area contributed by atoms with E-state index in [1.54, 1.807) is 0 Å². The molecule has 1 N–H and O–H groups in total. The third kappa shape index (κ3) is 4.77. The van der Waals surface area contributed by atoms with Gasteiger partial charge in [-0.05, 0) is 45.4 Å². The predicted molar refractivity (Wildman–Crippen MR) is 82.4 cm³/mol. The molecule has 0 bridgehead atoms. The van der Waals surface area contributed by atoms with Crippen LogP contribution in [-0.2, 0) is 9.59 Å². The van der Waals surface area contributed by atoms with Crippen LogP contribution >= 0.6 is 0 Å². The quantitative estimate of drug-likeness (QED) is 0.801. The van der Waals surface area contributed by atoms with Crippen LogP contribution in [0.3, 0.4) is 0 Å². The van der Waals surface area contributed by atoms with Gasteiger partial charge in [-0.25, -0.2) is 0 Å². The van der Waals surface area contributed by atoms with Crippen LogP contribution in [0.4, 0.5) is 0 Å². The second kappa shape index (κ2) is 7.05. The van der Waals surface area contributed by atoms with Crippen LogP contribution in [0.2, 0.25) is 0 Å². The van der Waals surface area contributed by atoms with Crippen molar-refractivity contribution in [1.29, 1.82) is 0 Å². The van der Waals surface area contributed by atoms with E-state index in [0.29, 0.717) is 11.7 Å². The van der Waals surface area contributed by atoms with Gasteiger partial charge >= 0.3 is 0 Å². The molecule has 0 aliphatic heterocycles. The molecule has 0 saturated heterocycles. The fraction of sp³-hybridized carbons (Fsp3) is 0.765. The molecule has 0 aromatic heterocycles. The smallest absolute Gasteiger partial charge is 0.246 e. The number of amides is 1. The van der Waals surface area contributed by atoms with Crippen LogP contribution < -0.4 is 5.32 Å². The molecule has 114 valence electrons. The van der Waals surface area contributed by atoms with Gasteiger partial charge in [-0.2, -0.15) is 0 Å². The van der Waals surface area contributed by atoms with E-state index >= 15 is 0 Å². The lowest BCUT2D eigenvalue weighted by molar-refractivity contribution is -0.131. The molecule has 0 radical (unpaired) electrons. The molecule has 1 aliphatic rings. The number of carbonyl (C=O) groups excluding carboxylic acids is 2. The standard InChI is InChI=1S/C17H29NO2/c1-6-12(2)16(20)18-11-13-7-9-14(10-8-13)15(19)17(3,4)5/h6,13-14H,7-11H2,1-5H3,(H,18,20). The number of hydrogen-bond donors (Lipinski definition) is 1. The molecular weight excluding hydrogens is 250 g/mol. The maximum Gasteiger partial charge on any atom is 0.246 e. The van der Waals surface area contributed by atoms with Crippen molar-refractivity contribution in [2.24, 2.45) is 17.3 Å². The van der Waals surface area contributed by atoms with E-state index in [-0.39, 0.29) is 17.2 Å². The van der Waals surface area contributed by atoms with E-state index < -0.39 is 0 Å². The van der Waals surface area contributed by atoms with Gasteiger partial charge in [-0.15, -0.1) is 0 Å². The first kappa shape index (κ1) is 16.9. The molecule has 0 aromatic carbocycles. The van der Waals surface area contributed by atoms with Crippen LogP contribution in [0.15, 0.2) is 11.6 Å². The summed E-state index contributed by atoms with van der Waals surface area (Å²) in [5.41, 5.74) is 0.538. The zero-order chi connectivity index (χ0) is 15.3. The summed E-state index contributed by atoms with van der Waals surface area (Å²) in [5.74, 6) is 1.16. The third-order valence-corrected chi connectivity index (χ3v) is 4.30. The SMILES string of the molecule is CC=C(C)C(=O)NCC1CCC(C(=O)C(C)(C)C)CC1. The Bertz CT molecular complexity index is 382. The molecule has 1 rings (SSSR count). The molecule has 0 aromatic rings. The van der Waals surface area contributed by atoms with Crippen molar-refractivity contribution in [2.75, 3.05) is 6.54 Å². The Kier molecular flexibility index (Phi) is 5.97. The van der Waals surface area contributed by atoms with Crippen molar-refractivity contribution >= 4 is 11.7 Å². The molecule has 1 amide bonds. The van der Waals surface area contributed by atoms with E-state index in [9.17, 15) is 9.59 Å². The summed E-state index contributed by atoms with van der Waals surface area (Å²) < 4.78 is 0. The number of hydrogen-bond acceptors (Lipinski definition) is 2. The highest BCUT2D eigenvalue weighted by molar-refractivity contribution is 5.92. The Balaban J connectivity index is 2.36. The fourth-order valence-corrected chi connectivity index (χ4v) is 2.75. The number of rotatable bonds is 4. The summed E-state index contributed by atoms with van der Waals surface area (Å²) in [6.45, 7) is 10.4. The topological polar surface area (TPSA) is 46.2 Å². The van der Waals surface area contributed by atoms with Crippen LogP contribution in [0, 0.1) is 17.3 Å². The number of ketones is 1. The monoisotopic (exact) mass is 279 g/mol. The average molecular weight is 279 g/mol. The van der Waals surface area contributed by atoms with Gasteiger partial charge in [0.05, 0.1) is 0 Å². The van der Waals surface area contributed by atoms with Crippen molar-refractivity contribution in [3.63, 3.8) is 0 Å². The lowest BCUT2D eigenvalue weighted by Crippen LogP contribution is -2.35. The first-order valence-corrected chi connectivity index (χ1v) is 7.71. The van der Waals surface area contributed by atoms with E-state index in [1.807, 2.05) is 40.7 Å². The van der Waals surface area contributed by atoms with Gasteiger partial charge < -0.3 is 5.32 Å². The molecule has 0 atom stereocenters. The summed E-state index contributed by atoms with van der Waals surface area (Å²) in [4.78, 5) is 23.9. The first-order valence-electron chi connectivity index (χ1n) is 7.71. The molecule has 0 unspecified atom stereocenters. The Morgan fingerprint density at radius 1 is 1.15 bits per heavy atom. The van der Waals surface area contributed by atoms with Gasteiger partial charge in [0.2, 0.25) is 5.91 Å².